The van der Waals surface area contributed by atoms with Crippen LogP contribution in [0.25, 0.3) is 0 Å². The molecule has 0 fully saturated rings. The molecule has 0 aromatic heterocycles. The molecule has 1 aliphatic rings. The topological polar surface area (TPSA) is 21.7 Å². The predicted octanol–water partition coefficient (Wildman–Crippen LogP) is -0.935. The SMILES string of the molecule is COc1[c-]c(OC)c2c(c1)C[C@H](C)N(C)[C@@H]2C.[Br-].[Mg+2]. The summed E-state index contributed by atoms with van der Waals surface area (Å²) in [6, 6.07) is 6.14. The molecule has 0 radical (unpaired) electrons. The van der Waals surface area contributed by atoms with Crippen LogP contribution in [0.3, 0.4) is 0 Å². The van der Waals surface area contributed by atoms with E-state index in [0.29, 0.717) is 12.1 Å². The number of rotatable bonds is 2. The first-order valence-electron chi connectivity index (χ1n) is 5.97. The minimum atomic E-state index is 0. The van der Waals surface area contributed by atoms with E-state index in [9.17, 15) is 0 Å². The van der Waals surface area contributed by atoms with Crippen molar-refractivity contribution in [1.82, 2.24) is 4.90 Å². The van der Waals surface area contributed by atoms with Gasteiger partial charge in [-0.1, -0.05) is 18.6 Å². The maximum atomic E-state index is 5.45. The van der Waals surface area contributed by atoms with E-state index in [1.165, 1.54) is 11.1 Å². The Balaban J connectivity index is 0.00000162. The third-order valence-corrected chi connectivity index (χ3v) is 3.80. The fourth-order valence-corrected chi connectivity index (χ4v) is 2.54. The van der Waals surface area contributed by atoms with Crippen LogP contribution in [0.1, 0.15) is 31.0 Å². The van der Waals surface area contributed by atoms with Crippen molar-refractivity contribution in [1.29, 1.82) is 0 Å². The number of ether oxygens (including phenoxy) is 2. The Labute approximate surface area is 142 Å². The van der Waals surface area contributed by atoms with E-state index < -0.39 is 0 Å². The molecule has 1 heterocycles. The van der Waals surface area contributed by atoms with Gasteiger partial charge in [0.1, 0.15) is 0 Å². The zero-order chi connectivity index (χ0) is 12.6. The number of benzene rings is 1. The van der Waals surface area contributed by atoms with Gasteiger partial charge in [0, 0.05) is 17.5 Å². The van der Waals surface area contributed by atoms with E-state index in [4.69, 9.17) is 9.47 Å². The van der Waals surface area contributed by atoms with E-state index in [-0.39, 0.29) is 40.0 Å². The predicted molar refractivity (Wildman–Crippen MR) is 73.5 cm³/mol. The van der Waals surface area contributed by atoms with Gasteiger partial charge in [0.05, 0.1) is 14.2 Å². The normalized spacial score (nSPS) is 21.7. The summed E-state index contributed by atoms with van der Waals surface area (Å²) in [7, 11) is 5.51. The molecule has 0 aliphatic carbocycles. The summed E-state index contributed by atoms with van der Waals surface area (Å²) >= 11 is 0. The van der Waals surface area contributed by atoms with E-state index in [0.717, 1.165) is 17.9 Å². The zero-order valence-electron chi connectivity index (χ0n) is 12.3. The zero-order valence-corrected chi connectivity index (χ0v) is 15.3. The summed E-state index contributed by atoms with van der Waals surface area (Å²) in [5, 5.41) is 0. The van der Waals surface area contributed by atoms with E-state index in [1.54, 1.807) is 14.2 Å². The van der Waals surface area contributed by atoms with Gasteiger partial charge in [0.15, 0.2) is 0 Å². The van der Waals surface area contributed by atoms with Crippen molar-refractivity contribution in [3.05, 3.63) is 23.3 Å². The van der Waals surface area contributed by atoms with Gasteiger partial charge in [-0.2, -0.15) is 0 Å². The Morgan fingerprint density at radius 3 is 2.42 bits per heavy atom. The Morgan fingerprint density at radius 2 is 1.89 bits per heavy atom. The molecule has 2 atom stereocenters. The average molecular weight is 339 g/mol. The third kappa shape index (κ3) is 3.57. The number of methoxy groups -OCH3 is 2. The Kier molecular flexibility index (Phi) is 7.73. The molecule has 3 nitrogen and oxygen atoms in total. The molecule has 0 saturated carbocycles. The molecule has 0 unspecified atom stereocenters. The molecule has 1 aromatic carbocycles. The molecular formula is C14H20BrMgNO2. The van der Waals surface area contributed by atoms with Gasteiger partial charge in [-0.25, -0.2) is 0 Å². The molecule has 19 heavy (non-hydrogen) atoms. The van der Waals surface area contributed by atoms with Crippen molar-refractivity contribution < 1.29 is 26.5 Å². The molecule has 0 bridgehead atoms. The van der Waals surface area contributed by atoms with E-state index >= 15 is 0 Å². The quantitative estimate of drug-likeness (QED) is 0.513. The molecule has 0 amide bonds. The Hall–Kier alpha value is 0.0262. The fraction of sp³-hybridized carbons (Fsp3) is 0.571. The number of fused-ring (bicyclic) bond motifs is 1. The standard InChI is InChI=1S/C14H20NO2.BrH.Mg/c1-9-6-11-7-12(16-4)8-13(17-5)14(11)10(2)15(9)3;;/h7,9-10H,6H2,1-5H3;1H;/q-1;;+2/p-1/t9-,10+;;/m0../s1. The fourth-order valence-electron chi connectivity index (χ4n) is 2.54. The van der Waals surface area contributed by atoms with Crippen molar-refractivity contribution in [3.8, 4) is 11.5 Å². The second-order valence-corrected chi connectivity index (χ2v) is 4.70. The van der Waals surface area contributed by atoms with E-state index in [1.807, 2.05) is 0 Å². The van der Waals surface area contributed by atoms with E-state index in [2.05, 4.69) is 37.9 Å². The number of likely N-dealkylation sites (N-methyl/N-ethyl adjacent to an activating group) is 1. The van der Waals surface area contributed by atoms with Crippen LogP contribution in [-0.2, 0) is 6.42 Å². The summed E-state index contributed by atoms with van der Waals surface area (Å²) in [6.45, 7) is 4.45. The molecule has 0 saturated heterocycles. The van der Waals surface area contributed by atoms with Gasteiger partial charge in [-0.15, -0.1) is 11.6 Å². The Bertz CT molecular complexity index is 428. The molecule has 5 heteroatoms. The van der Waals surface area contributed by atoms with Crippen LogP contribution < -0.4 is 26.5 Å². The third-order valence-electron chi connectivity index (χ3n) is 3.80. The van der Waals surface area contributed by atoms with Gasteiger partial charge in [0.25, 0.3) is 0 Å². The summed E-state index contributed by atoms with van der Waals surface area (Å²) in [5.41, 5.74) is 2.56. The average Bonchev–Trinajstić information content (AvgIpc) is 2.34. The molecule has 1 aromatic rings. The minimum Gasteiger partial charge on any atom is -1.00 e. The maximum absolute atomic E-state index is 5.45. The van der Waals surface area contributed by atoms with Crippen molar-refractivity contribution in [3.63, 3.8) is 0 Å². The second kappa shape index (κ2) is 7.71. The molecule has 2 rings (SSSR count). The molecule has 102 valence electrons. The summed E-state index contributed by atoms with van der Waals surface area (Å²) in [5.74, 6) is 1.56. The molecule has 0 spiro atoms. The summed E-state index contributed by atoms with van der Waals surface area (Å²) in [6.07, 6.45) is 1.03. The van der Waals surface area contributed by atoms with Crippen LogP contribution in [0.15, 0.2) is 6.07 Å². The van der Waals surface area contributed by atoms with Crippen LogP contribution in [0, 0.1) is 6.07 Å². The van der Waals surface area contributed by atoms with Crippen molar-refractivity contribution in [2.45, 2.75) is 32.4 Å². The van der Waals surface area contributed by atoms with Crippen LogP contribution in [-0.4, -0.2) is 55.3 Å². The van der Waals surface area contributed by atoms with Gasteiger partial charge in [-0.3, -0.25) is 0 Å². The van der Waals surface area contributed by atoms with Crippen molar-refractivity contribution >= 4 is 23.1 Å². The number of hydrogen-bond donors (Lipinski definition) is 0. The second-order valence-electron chi connectivity index (χ2n) is 4.70. The van der Waals surface area contributed by atoms with Gasteiger partial charge >= 0.3 is 23.1 Å². The maximum Gasteiger partial charge on any atom is 2.00 e. The van der Waals surface area contributed by atoms with Gasteiger partial charge < -0.3 is 31.4 Å². The first kappa shape index (κ1) is 19.0. The number of hydrogen-bond acceptors (Lipinski definition) is 3. The summed E-state index contributed by atoms with van der Waals surface area (Å²) in [4.78, 5) is 2.37. The minimum absolute atomic E-state index is 0. The summed E-state index contributed by atoms with van der Waals surface area (Å²) < 4.78 is 10.7. The van der Waals surface area contributed by atoms with Crippen LogP contribution in [0.2, 0.25) is 0 Å². The van der Waals surface area contributed by atoms with Gasteiger partial charge in [0.2, 0.25) is 0 Å². The van der Waals surface area contributed by atoms with Crippen LogP contribution in [0.5, 0.6) is 11.5 Å². The first-order chi connectivity index (χ1) is 8.08. The van der Waals surface area contributed by atoms with Crippen molar-refractivity contribution in [2.24, 2.45) is 0 Å². The molecule has 0 N–H and O–H groups in total. The Morgan fingerprint density at radius 1 is 1.26 bits per heavy atom. The van der Waals surface area contributed by atoms with Crippen LogP contribution in [0.4, 0.5) is 0 Å². The largest absolute Gasteiger partial charge is 2.00 e. The first-order valence-corrected chi connectivity index (χ1v) is 5.97. The van der Waals surface area contributed by atoms with Crippen molar-refractivity contribution in [2.75, 3.05) is 21.3 Å². The molecular weight excluding hydrogens is 318 g/mol. The monoisotopic (exact) mass is 337 g/mol. The van der Waals surface area contributed by atoms with Gasteiger partial charge in [-0.05, 0) is 26.4 Å². The number of halogens is 1. The number of nitrogens with zero attached hydrogens (tertiary/aromatic N) is 1. The smallest absolute Gasteiger partial charge is 1.00 e. The molecule has 1 aliphatic heterocycles. The van der Waals surface area contributed by atoms with Crippen LogP contribution >= 0.6 is 0 Å².